The van der Waals surface area contributed by atoms with Crippen LogP contribution >= 0.6 is 11.8 Å². The zero-order valence-corrected chi connectivity index (χ0v) is 13.7. The van der Waals surface area contributed by atoms with Crippen molar-refractivity contribution < 1.29 is 9.53 Å². The van der Waals surface area contributed by atoms with Crippen molar-refractivity contribution in [1.29, 1.82) is 0 Å². The number of rotatable bonds is 3. The molecule has 20 heavy (non-hydrogen) atoms. The number of hydrogen-bond donors (Lipinski definition) is 2. The Morgan fingerprint density at radius 2 is 1.90 bits per heavy atom. The van der Waals surface area contributed by atoms with Crippen molar-refractivity contribution in [3.63, 3.8) is 0 Å². The van der Waals surface area contributed by atoms with Crippen molar-refractivity contribution in [3.8, 4) is 0 Å². The van der Waals surface area contributed by atoms with Gasteiger partial charge in [0.25, 0.3) is 0 Å². The third-order valence-corrected chi connectivity index (χ3v) is 4.96. The van der Waals surface area contributed by atoms with Gasteiger partial charge in [0.1, 0.15) is 5.60 Å². The minimum absolute atomic E-state index is 0.255. The predicted octanol–water partition coefficient (Wildman–Crippen LogP) is 2.92. The van der Waals surface area contributed by atoms with E-state index in [2.05, 4.69) is 10.6 Å². The van der Waals surface area contributed by atoms with Crippen LogP contribution in [0.5, 0.6) is 0 Å². The molecule has 0 aromatic rings. The van der Waals surface area contributed by atoms with Gasteiger partial charge in [-0.25, -0.2) is 4.79 Å². The number of nitrogens with one attached hydrogen (secondary N) is 2. The lowest BCUT2D eigenvalue weighted by atomic mass is 9.90. The summed E-state index contributed by atoms with van der Waals surface area (Å²) < 4.78 is 5.34. The van der Waals surface area contributed by atoms with Crippen molar-refractivity contribution in [3.05, 3.63) is 0 Å². The average Bonchev–Trinajstić information content (AvgIpc) is 2.79. The monoisotopic (exact) mass is 300 g/mol. The van der Waals surface area contributed by atoms with Crippen molar-refractivity contribution in [2.24, 2.45) is 0 Å². The third-order valence-electron chi connectivity index (χ3n) is 3.80. The first kappa shape index (κ1) is 16.0. The smallest absolute Gasteiger partial charge is 0.407 e. The molecule has 116 valence electrons. The molecule has 2 N–H and O–H groups in total. The molecule has 5 heteroatoms. The van der Waals surface area contributed by atoms with Gasteiger partial charge in [-0.15, -0.1) is 0 Å². The molecule has 1 aliphatic carbocycles. The highest BCUT2D eigenvalue weighted by molar-refractivity contribution is 7.99. The Morgan fingerprint density at radius 1 is 1.15 bits per heavy atom. The fraction of sp³-hybridized carbons (Fsp3) is 0.933. The quantitative estimate of drug-likeness (QED) is 0.841. The number of hydrogen-bond acceptors (Lipinski definition) is 4. The summed E-state index contributed by atoms with van der Waals surface area (Å²) in [6, 6.07) is 1.47. The molecule has 1 aliphatic heterocycles. The van der Waals surface area contributed by atoms with Crippen LogP contribution in [0.1, 0.15) is 52.9 Å². The van der Waals surface area contributed by atoms with E-state index in [1.54, 1.807) is 0 Å². The van der Waals surface area contributed by atoms with E-state index >= 15 is 0 Å². The van der Waals surface area contributed by atoms with Crippen molar-refractivity contribution in [1.82, 2.24) is 10.6 Å². The molecule has 2 rings (SSSR count). The average molecular weight is 300 g/mol. The standard InChI is InChI=1S/C15H28N2O2S/c1-15(2,3)19-14(18)17-12-6-4-5-11(9-12)16-13-7-8-20-10-13/h11-13,16H,4-10H2,1-3H3,(H,17,18)/t11-,12+,13+/m0/s1. The number of amides is 1. The van der Waals surface area contributed by atoms with Gasteiger partial charge in [0.2, 0.25) is 0 Å². The molecule has 0 aromatic heterocycles. The molecular formula is C15H28N2O2S. The largest absolute Gasteiger partial charge is 0.444 e. The summed E-state index contributed by atoms with van der Waals surface area (Å²) in [5.41, 5.74) is -0.419. The van der Waals surface area contributed by atoms with E-state index < -0.39 is 5.60 Å². The Labute approximate surface area is 126 Å². The second-order valence-electron chi connectivity index (χ2n) is 6.93. The van der Waals surface area contributed by atoms with Gasteiger partial charge in [0.15, 0.2) is 0 Å². The van der Waals surface area contributed by atoms with Crippen LogP contribution in [0.25, 0.3) is 0 Å². The van der Waals surface area contributed by atoms with E-state index in [-0.39, 0.29) is 12.1 Å². The summed E-state index contributed by atoms with van der Waals surface area (Å²) in [5.74, 6) is 2.52. The van der Waals surface area contributed by atoms with Gasteiger partial charge in [-0.3, -0.25) is 0 Å². The highest BCUT2D eigenvalue weighted by Crippen LogP contribution is 2.23. The summed E-state index contributed by atoms with van der Waals surface area (Å²) in [5, 5.41) is 6.78. The molecule has 2 aliphatic rings. The van der Waals surface area contributed by atoms with E-state index in [0.29, 0.717) is 12.1 Å². The maximum Gasteiger partial charge on any atom is 0.407 e. The topological polar surface area (TPSA) is 50.4 Å². The second-order valence-corrected chi connectivity index (χ2v) is 8.08. The fourth-order valence-electron chi connectivity index (χ4n) is 2.95. The van der Waals surface area contributed by atoms with Crippen LogP contribution < -0.4 is 10.6 Å². The molecule has 2 fully saturated rings. The number of carbonyl (C=O) groups excluding carboxylic acids is 1. The van der Waals surface area contributed by atoms with E-state index in [9.17, 15) is 4.79 Å². The van der Waals surface area contributed by atoms with Gasteiger partial charge in [0, 0.05) is 23.9 Å². The predicted molar refractivity (Wildman–Crippen MR) is 84.3 cm³/mol. The summed E-state index contributed by atoms with van der Waals surface area (Å²) in [6.45, 7) is 5.70. The molecule has 1 amide bonds. The Balaban J connectivity index is 1.73. The molecule has 0 spiro atoms. The van der Waals surface area contributed by atoms with Gasteiger partial charge in [-0.05, 0) is 58.6 Å². The molecular weight excluding hydrogens is 272 g/mol. The first-order valence-corrected chi connectivity index (χ1v) is 8.91. The van der Waals surface area contributed by atoms with Gasteiger partial charge in [0.05, 0.1) is 0 Å². The van der Waals surface area contributed by atoms with Gasteiger partial charge < -0.3 is 15.4 Å². The maximum absolute atomic E-state index is 11.8. The SMILES string of the molecule is CC(C)(C)OC(=O)N[C@@H]1CCC[C@H](N[C@@H]2CCSC2)C1. The Morgan fingerprint density at radius 3 is 2.55 bits per heavy atom. The molecule has 0 radical (unpaired) electrons. The zero-order valence-electron chi connectivity index (χ0n) is 12.9. The summed E-state index contributed by atoms with van der Waals surface area (Å²) in [7, 11) is 0. The maximum atomic E-state index is 11.8. The minimum atomic E-state index is -0.419. The lowest BCUT2D eigenvalue weighted by Crippen LogP contribution is -2.48. The van der Waals surface area contributed by atoms with Crippen molar-refractivity contribution in [2.75, 3.05) is 11.5 Å². The van der Waals surface area contributed by atoms with Crippen LogP contribution in [0.15, 0.2) is 0 Å². The number of alkyl carbamates (subject to hydrolysis) is 1. The molecule has 0 bridgehead atoms. The van der Waals surface area contributed by atoms with Crippen LogP contribution in [-0.2, 0) is 4.74 Å². The lowest BCUT2D eigenvalue weighted by Gasteiger charge is -2.32. The number of thioether (sulfide) groups is 1. The zero-order chi connectivity index (χ0) is 14.6. The lowest BCUT2D eigenvalue weighted by molar-refractivity contribution is 0.0488. The van der Waals surface area contributed by atoms with Gasteiger partial charge in [-0.2, -0.15) is 11.8 Å². The Hall–Kier alpha value is -0.420. The molecule has 0 unspecified atom stereocenters. The van der Waals surface area contributed by atoms with Gasteiger partial charge >= 0.3 is 6.09 Å². The second kappa shape index (κ2) is 7.03. The normalized spacial score (nSPS) is 31.1. The summed E-state index contributed by atoms with van der Waals surface area (Å²) in [4.78, 5) is 11.8. The molecule has 3 atom stereocenters. The van der Waals surface area contributed by atoms with Crippen LogP contribution in [0.2, 0.25) is 0 Å². The minimum Gasteiger partial charge on any atom is -0.444 e. The van der Waals surface area contributed by atoms with E-state index in [1.165, 1.54) is 30.8 Å². The third kappa shape index (κ3) is 5.52. The molecule has 4 nitrogen and oxygen atoms in total. The molecule has 1 saturated heterocycles. The Bertz CT molecular complexity index is 324. The first-order valence-electron chi connectivity index (χ1n) is 7.76. The first-order chi connectivity index (χ1) is 9.42. The highest BCUT2D eigenvalue weighted by atomic mass is 32.2. The molecule has 1 saturated carbocycles. The van der Waals surface area contributed by atoms with Crippen molar-refractivity contribution >= 4 is 17.9 Å². The highest BCUT2D eigenvalue weighted by Gasteiger charge is 2.27. The molecule has 0 aromatic carbocycles. The van der Waals surface area contributed by atoms with E-state index in [1.807, 2.05) is 32.5 Å². The number of carbonyl (C=O) groups is 1. The summed E-state index contributed by atoms with van der Waals surface area (Å²) in [6.07, 6.45) is 5.51. The van der Waals surface area contributed by atoms with Crippen molar-refractivity contribution in [2.45, 2.75) is 76.6 Å². The van der Waals surface area contributed by atoms with E-state index in [4.69, 9.17) is 4.74 Å². The molecule has 1 heterocycles. The summed E-state index contributed by atoms with van der Waals surface area (Å²) >= 11 is 2.04. The number of ether oxygens (including phenoxy) is 1. The van der Waals surface area contributed by atoms with Crippen LogP contribution in [-0.4, -0.2) is 41.3 Å². The van der Waals surface area contributed by atoms with Crippen LogP contribution in [0.3, 0.4) is 0 Å². The van der Waals surface area contributed by atoms with Crippen LogP contribution in [0.4, 0.5) is 4.79 Å². The van der Waals surface area contributed by atoms with E-state index in [0.717, 1.165) is 12.8 Å². The van der Waals surface area contributed by atoms with Crippen LogP contribution in [0, 0.1) is 0 Å². The Kier molecular flexibility index (Phi) is 5.61. The van der Waals surface area contributed by atoms with Gasteiger partial charge in [-0.1, -0.05) is 0 Å². The fourth-order valence-corrected chi connectivity index (χ4v) is 4.11.